The van der Waals surface area contributed by atoms with Crippen molar-refractivity contribution in [2.45, 2.75) is 51.4 Å². The lowest BCUT2D eigenvalue weighted by atomic mass is 9.99. The fraction of sp³-hybridized carbons (Fsp3) is 0.476. The lowest BCUT2D eigenvalue weighted by Gasteiger charge is -2.34. The van der Waals surface area contributed by atoms with E-state index in [4.69, 9.17) is 9.84 Å². The first-order chi connectivity index (χ1) is 13.9. The molecule has 0 radical (unpaired) electrons. The molecular formula is C21H27N5O3. The third-order valence-electron chi connectivity index (χ3n) is 5.47. The molecule has 1 saturated heterocycles. The Bertz CT molecular complexity index is 902. The van der Waals surface area contributed by atoms with Crippen molar-refractivity contribution in [2.75, 3.05) is 12.4 Å². The van der Waals surface area contributed by atoms with Crippen LogP contribution in [0.2, 0.25) is 0 Å². The van der Waals surface area contributed by atoms with Gasteiger partial charge in [-0.3, -0.25) is 14.9 Å². The van der Waals surface area contributed by atoms with Gasteiger partial charge in [-0.05, 0) is 43.0 Å². The summed E-state index contributed by atoms with van der Waals surface area (Å²) in [7, 11) is 1.59. The second-order valence-corrected chi connectivity index (χ2v) is 8.05. The Hall–Kier alpha value is -2.87. The highest BCUT2D eigenvalue weighted by atomic mass is 16.5. The molecule has 1 saturated carbocycles. The van der Waals surface area contributed by atoms with Gasteiger partial charge in [0.15, 0.2) is 6.29 Å². The number of rotatable bonds is 6. The zero-order valence-electron chi connectivity index (χ0n) is 16.9. The van der Waals surface area contributed by atoms with E-state index in [1.807, 2.05) is 6.07 Å². The van der Waals surface area contributed by atoms with Gasteiger partial charge in [-0.15, -0.1) is 0 Å². The molecule has 1 aromatic heterocycles. The summed E-state index contributed by atoms with van der Waals surface area (Å²) in [4.78, 5) is 25.0. The molecular weight excluding hydrogens is 370 g/mol. The third-order valence-corrected chi connectivity index (χ3v) is 5.47. The van der Waals surface area contributed by atoms with Crippen LogP contribution in [0.5, 0.6) is 5.75 Å². The van der Waals surface area contributed by atoms with Crippen LogP contribution in [0, 0.1) is 5.92 Å². The van der Waals surface area contributed by atoms with Gasteiger partial charge in [0.25, 0.3) is 5.91 Å². The Morgan fingerprint density at radius 3 is 2.62 bits per heavy atom. The highest BCUT2D eigenvalue weighted by molar-refractivity contribution is 6.03. The Labute approximate surface area is 170 Å². The Kier molecular flexibility index (Phi) is 5.27. The van der Waals surface area contributed by atoms with Crippen molar-refractivity contribution in [1.82, 2.24) is 20.4 Å². The number of anilines is 1. The van der Waals surface area contributed by atoms with Gasteiger partial charge in [-0.1, -0.05) is 13.8 Å². The van der Waals surface area contributed by atoms with Crippen molar-refractivity contribution in [2.24, 2.45) is 5.92 Å². The predicted octanol–water partition coefficient (Wildman–Crippen LogP) is 2.61. The van der Waals surface area contributed by atoms with E-state index in [9.17, 15) is 9.59 Å². The molecule has 1 aliphatic carbocycles. The maximum atomic E-state index is 12.8. The van der Waals surface area contributed by atoms with Crippen LogP contribution >= 0.6 is 0 Å². The predicted molar refractivity (Wildman–Crippen MR) is 109 cm³/mol. The van der Waals surface area contributed by atoms with Gasteiger partial charge < -0.3 is 15.4 Å². The first-order valence-electron chi connectivity index (χ1n) is 10.0. The molecule has 2 heterocycles. The van der Waals surface area contributed by atoms with Gasteiger partial charge in [-0.25, -0.2) is 4.68 Å². The van der Waals surface area contributed by atoms with Crippen molar-refractivity contribution >= 4 is 17.6 Å². The summed E-state index contributed by atoms with van der Waals surface area (Å²) in [5.74, 6) is 1.72. The number of carbonyl (C=O) groups excluding carboxylic acids is 2. The number of ether oxygens (including phenoxy) is 1. The van der Waals surface area contributed by atoms with Crippen LogP contribution in [0.15, 0.2) is 30.3 Å². The molecule has 154 valence electrons. The highest BCUT2D eigenvalue weighted by Crippen LogP contribution is 2.40. The third kappa shape index (κ3) is 4.27. The van der Waals surface area contributed by atoms with E-state index in [1.54, 1.807) is 36.1 Å². The van der Waals surface area contributed by atoms with E-state index in [2.05, 4.69) is 29.8 Å². The van der Waals surface area contributed by atoms with Crippen molar-refractivity contribution in [3.8, 4) is 5.75 Å². The number of methoxy groups -OCH3 is 1. The van der Waals surface area contributed by atoms with E-state index in [-0.39, 0.29) is 17.9 Å². The van der Waals surface area contributed by atoms with Crippen molar-refractivity contribution < 1.29 is 14.3 Å². The minimum Gasteiger partial charge on any atom is -0.497 e. The smallest absolute Gasteiger partial charge is 0.256 e. The number of nitrogens with zero attached hydrogens (tertiary/aromatic N) is 2. The van der Waals surface area contributed by atoms with Gasteiger partial charge >= 0.3 is 0 Å². The molecule has 2 amide bonds. The molecule has 3 N–H and O–H groups in total. The zero-order valence-corrected chi connectivity index (χ0v) is 16.9. The highest BCUT2D eigenvalue weighted by Gasteiger charge is 2.33. The number of nitrogens with one attached hydrogen (secondary N) is 3. The number of benzene rings is 1. The maximum Gasteiger partial charge on any atom is 0.256 e. The molecule has 8 heteroatoms. The second kappa shape index (κ2) is 7.87. The average molecular weight is 397 g/mol. The minimum atomic E-state index is -0.498. The number of carbonyl (C=O) groups is 2. The number of hydrogen-bond acceptors (Lipinski definition) is 5. The summed E-state index contributed by atoms with van der Waals surface area (Å²) < 4.78 is 6.83. The van der Waals surface area contributed by atoms with E-state index in [1.165, 1.54) is 0 Å². The van der Waals surface area contributed by atoms with Crippen LogP contribution in [0.3, 0.4) is 0 Å². The largest absolute Gasteiger partial charge is 0.497 e. The summed E-state index contributed by atoms with van der Waals surface area (Å²) in [6, 6.07) is 8.88. The van der Waals surface area contributed by atoms with Gasteiger partial charge in [0.05, 0.1) is 12.8 Å². The molecule has 2 fully saturated rings. The number of aromatic nitrogens is 2. The molecule has 29 heavy (non-hydrogen) atoms. The second-order valence-electron chi connectivity index (χ2n) is 8.05. The molecule has 0 bridgehead atoms. The molecule has 8 nitrogen and oxygen atoms in total. The monoisotopic (exact) mass is 397 g/mol. The zero-order chi connectivity index (χ0) is 20.5. The molecule has 1 aromatic carbocycles. The number of amides is 2. The molecule has 2 aliphatic rings. The lowest BCUT2D eigenvalue weighted by molar-refractivity contribution is -0.126. The van der Waals surface area contributed by atoms with Crippen molar-refractivity contribution in [3.05, 3.63) is 41.6 Å². The standard InChI is InChI=1S/C21H27N5O3/c1-12(2)16-11-19(27)24-21(22-16)26-18(10-17(25-26)13-4-5-13)23-20(28)14-6-8-15(29-3)9-7-14/h6-10,12-13,16,21-22H,4-5,11H2,1-3H3,(H,23,28)(H,24,27). The van der Waals surface area contributed by atoms with Crippen LogP contribution < -0.4 is 20.7 Å². The molecule has 1 aliphatic heterocycles. The number of hydrogen-bond donors (Lipinski definition) is 3. The fourth-order valence-corrected chi connectivity index (χ4v) is 3.49. The Morgan fingerprint density at radius 1 is 1.28 bits per heavy atom. The van der Waals surface area contributed by atoms with Crippen LogP contribution in [-0.4, -0.2) is 34.7 Å². The van der Waals surface area contributed by atoms with E-state index >= 15 is 0 Å². The van der Waals surface area contributed by atoms with Gasteiger partial charge in [0.2, 0.25) is 5.91 Å². The lowest BCUT2D eigenvalue weighted by Crippen LogP contribution is -2.55. The van der Waals surface area contributed by atoms with E-state index < -0.39 is 6.29 Å². The Balaban J connectivity index is 1.59. The molecule has 4 rings (SSSR count). The van der Waals surface area contributed by atoms with Gasteiger partial charge in [0.1, 0.15) is 11.6 Å². The summed E-state index contributed by atoms with van der Waals surface area (Å²) in [6.07, 6.45) is 2.13. The first-order valence-corrected chi connectivity index (χ1v) is 10.0. The molecule has 2 atom stereocenters. The van der Waals surface area contributed by atoms with Gasteiger partial charge in [-0.2, -0.15) is 5.10 Å². The van der Waals surface area contributed by atoms with Crippen LogP contribution in [0.25, 0.3) is 0 Å². The minimum absolute atomic E-state index is 0.0247. The van der Waals surface area contributed by atoms with Crippen molar-refractivity contribution in [3.63, 3.8) is 0 Å². The van der Waals surface area contributed by atoms with Crippen molar-refractivity contribution in [1.29, 1.82) is 0 Å². The summed E-state index contributed by atoms with van der Waals surface area (Å²) >= 11 is 0. The normalized spacial score (nSPS) is 21.7. The summed E-state index contributed by atoms with van der Waals surface area (Å²) in [5, 5.41) is 14.0. The Morgan fingerprint density at radius 2 is 2.00 bits per heavy atom. The maximum absolute atomic E-state index is 12.8. The van der Waals surface area contributed by atoms with Gasteiger partial charge in [0, 0.05) is 30.0 Å². The SMILES string of the molecule is COc1ccc(C(=O)Nc2cc(C3CC3)nn2C2NC(=O)CC(C(C)C)N2)cc1. The van der Waals surface area contributed by atoms with Crippen LogP contribution in [0.4, 0.5) is 5.82 Å². The molecule has 0 spiro atoms. The van der Waals surface area contributed by atoms with E-state index in [0.717, 1.165) is 18.5 Å². The fourth-order valence-electron chi connectivity index (χ4n) is 3.49. The first kappa shape index (κ1) is 19.4. The average Bonchev–Trinajstić information content (AvgIpc) is 3.48. The van der Waals surface area contributed by atoms with E-state index in [0.29, 0.717) is 35.4 Å². The van der Waals surface area contributed by atoms with Crippen LogP contribution in [0.1, 0.15) is 61.4 Å². The molecule has 2 aromatic rings. The van der Waals surface area contributed by atoms with Crippen LogP contribution in [-0.2, 0) is 4.79 Å². The summed E-state index contributed by atoms with van der Waals surface area (Å²) in [6.45, 7) is 4.16. The summed E-state index contributed by atoms with van der Waals surface area (Å²) in [5.41, 5.74) is 1.46. The quantitative estimate of drug-likeness (QED) is 0.696. The topological polar surface area (TPSA) is 97.3 Å². The molecule has 2 unspecified atom stereocenters.